The van der Waals surface area contributed by atoms with Gasteiger partial charge >= 0.3 is 0 Å². The van der Waals surface area contributed by atoms with E-state index in [1.807, 2.05) is 0 Å². The van der Waals surface area contributed by atoms with E-state index in [0.717, 1.165) is 57.5 Å². The summed E-state index contributed by atoms with van der Waals surface area (Å²) in [4.78, 5) is 2.56. The highest BCUT2D eigenvalue weighted by atomic mass is 32.2. The number of ether oxygens (including phenoxy) is 1. The highest BCUT2D eigenvalue weighted by Crippen LogP contribution is 2.39. The predicted octanol–water partition coefficient (Wildman–Crippen LogP) is 1.49. The average Bonchev–Trinajstić information content (AvgIpc) is 3.37. The molecular formula is C16H28N2O3S. The summed E-state index contributed by atoms with van der Waals surface area (Å²) in [7, 11) is -3.08. The van der Waals surface area contributed by atoms with Gasteiger partial charge in [0.1, 0.15) is 0 Å². The lowest BCUT2D eigenvalue weighted by atomic mass is 9.90. The molecular weight excluding hydrogens is 300 g/mol. The molecule has 0 aromatic carbocycles. The maximum absolute atomic E-state index is 12.0. The fourth-order valence-electron chi connectivity index (χ4n) is 4.02. The van der Waals surface area contributed by atoms with Crippen LogP contribution in [0, 0.1) is 5.92 Å². The Labute approximate surface area is 133 Å². The first-order chi connectivity index (χ1) is 10.5. The third-order valence-corrected chi connectivity index (χ3v) is 7.58. The second kappa shape index (κ2) is 5.72. The van der Waals surface area contributed by atoms with Crippen molar-refractivity contribution >= 4 is 10.0 Å². The summed E-state index contributed by atoms with van der Waals surface area (Å²) < 4.78 is 33.1. The van der Waals surface area contributed by atoms with Gasteiger partial charge in [-0.25, -0.2) is 13.1 Å². The number of hydrogen-bond donors (Lipinski definition) is 1. The first kappa shape index (κ1) is 15.4. The molecule has 2 saturated carbocycles. The van der Waals surface area contributed by atoms with Crippen LogP contribution in [0.25, 0.3) is 0 Å². The Morgan fingerprint density at radius 3 is 2.68 bits per heavy atom. The molecule has 2 atom stereocenters. The van der Waals surface area contributed by atoms with Crippen molar-refractivity contribution in [2.24, 2.45) is 5.92 Å². The van der Waals surface area contributed by atoms with Crippen molar-refractivity contribution in [2.45, 2.75) is 68.3 Å². The number of sulfonamides is 1. The first-order valence-electron chi connectivity index (χ1n) is 8.93. The molecule has 2 saturated heterocycles. The zero-order valence-corrected chi connectivity index (χ0v) is 14.1. The predicted molar refractivity (Wildman–Crippen MR) is 85.2 cm³/mol. The minimum absolute atomic E-state index is 0.00281. The van der Waals surface area contributed by atoms with E-state index in [4.69, 9.17) is 4.74 Å². The molecule has 4 aliphatic rings. The Balaban J connectivity index is 1.29. The molecule has 1 spiro atoms. The fraction of sp³-hybridized carbons (Fsp3) is 1.00. The molecule has 22 heavy (non-hydrogen) atoms. The SMILES string of the molecule is O=S(=O)(NC[C@@H]1CCC[C@@]2(CCN(CC3CC3)C2)O1)C1CC1. The maximum atomic E-state index is 12.0. The number of nitrogens with zero attached hydrogens (tertiary/aromatic N) is 1. The minimum Gasteiger partial charge on any atom is -0.369 e. The van der Waals surface area contributed by atoms with Gasteiger partial charge in [-0.2, -0.15) is 0 Å². The number of nitrogens with one attached hydrogen (secondary N) is 1. The zero-order chi connectivity index (χ0) is 15.2. The molecule has 126 valence electrons. The summed E-state index contributed by atoms with van der Waals surface area (Å²) in [6, 6.07) is 0. The minimum atomic E-state index is -3.08. The van der Waals surface area contributed by atoms with Crippen LogP contribution in [0.4, 0.5) is 0 Å². The summed E-state index contributed by atoms with van der Waals surface area (Å²) in [5.41, 5.74) is 0.00281. The van der Waals surface area contributed by atoms with Gasteiger partial charge in [0, 0.05) is 26.2 Å². The van der Waals surface area contributed by atoms with Crippen molar-refractivity contribution in [3.8, 4) is 0 Å². The number of likely N-dealkylation sites (tertiary alicyclic amines) is 1. The average molecular weight is 328 g/mol. The number of rotatable bonds is 6. The van der Waals surface area contributed by atoms with Gasteiger partial charge in [0.2, 0.25) is 10.0 Å². The third kappa shape index (κ3) is 3.50. The summed E-state index contributed by atoms with van der Waals surface area (Å²) in [5, 5.41) is -0.134. The molecule has 2 heterocycles. The Morgan fingerprint density at radius 2 is 1.95 bits per heavy atom. The van der Waals surface area contributed by atoms with E-state index in [9.17, 15) is 8.42 Å². The van der Waals surface area contributed by atoms with Crippen LogP contribution in [0.2, 0.25) is 0 Å². The normalized spacial score (nSPS) is 37.0. The zero-order valence-electron chi connectivity index (χ0n) is 13.3. The van der Waals surface area contributed by atoms with E-state index >= 15 is 0 Å². The fourth-order valence-corrected chi connectivity index (χ4v) is 5.43. The highest BCUT2D eigenvalue weighted by Gasteiger charge is 2.44. The smallest absolute Gasteiger partial charge is 0.214 e. The van der Waals surface area contributed by atoms with Crippen LogP contribution < -0.4 is 4.72 Å². The largest absolute Gasteiger partial charge is 0.369 e. The van der Waals surface area contributed by atoms with Crippen LogP contribution in [-0.4, -0.2) is 56.5 Å². The van der Waals surface area contributed by atoms with Gasteiger partial charge in [-0.1, -0.05) is 0 Å². The van der Waals surface area contributed by atoms with Gasteiger partial charge in [0.15, 0.2) is 0 Å². The maximum Gasteiger partial charge on any atom is 0.214 e. The van der Waals surface area contributed by atoms with Crippen molar-refractivity contribution in [3.63, 3.8) is 0 Å². The molecule has 0 amide bonds. The molecule has 0 bridgehead atoms. The molecule has 5 nitrogen and oxygen atoms in total. The lowest BCUT2D eigenvalue weighted by Crippen LogP contribution is -2.47. The lowest BCUT2D eigenvalue weighted by Gasteiger charge is -2.39. The molecule has 1 N–H and O–H groups in total. The van der Waals surface area contributed by atoms with Crippen molar-refractivity contribution in [1.29, 1.82) is 0 Å². The summed E-state index contributed by atoms with van der Waals surface area (Å²) >= 11 is 0. The molecule has 0 unspecified atom stereocenters. The molecule has 2 aliphatic heterocycles. The summed E-state index contributed by atoms with van der Waals surface area (Å²) in [5.74, 6) is 0.930. The topological polar surface area (TPSA) is 58.6 Å². The van der Waals surface area contributed by atoms with Gasteiger partial charge in [-0.05, 0) is 57.3 Å². The Morgan fingerprint density at radius 1 is 1.14 bits per heavy atom. The second-order valence-electron chi connectivity index (χ2n) is 7.84. The molecule has 0 aromatic rings. The summed E-state index contributed by atoms with van der Waals surface area (Å²) in [6.45, 7) is 3.90. The lowest BCUT2D eigenvalue weighted by molar-refractivity contribution is -0.117. The molecule has 6 heteroatoms. The van der Waals surface area contributed by atoms with E-state index in [-0.39, 0.29) is 17.0 Å². The Hall–Kier alpha value is -0.170. The van der Waals surface area contributed by atoms with Crippen LogP contribution in [0.3, 0.4) is 0 Å². The van der Waals surface area contributed by atoms with Gasteiger partial charge in [0.25, 0.3) is 0 Å². The third-order valence-electron chi connectivity index (χ3n) is 5.66. The number of hydrogen-bond acceptors (Lipinski definition) is 4. The van der Waals surface area contributed by atoms with E-state index in [1.165, 1.54) is 19.4 Å². The molecule has 0 aromatic heterocycles. The van der Waals surface area contributed by atoms with Crippen LogP contribution in [0.5, 0.6) is 0 Å². The Kier molecular flexibility index (Phi) is 4.00. The van der Waals surface area contributed by atoms with Crippen molar-refractivity contribution in [2.75, 3.05) is 26.2 Å². The van der Waals surface area contributed by atoms with Crippen molar-refractivity contribution < 1.29 is 13.2 Å². The molecule has 0 radical (unpaired) electrons. The van der Waals surface area contributed by atoms with Crippen LogP contribution in [0.1, 0.15) is 51.4 Å². The van der Waals surface area contributed by atoms with Crippen molar-refractivity contribution in [3.05, 3.63) is 0 Å². The molecule has 4 fully saturated rings. The first-order valence-corrected chi connectivity index (χ1v) is 10.5. The van der Waals surface area contributed by atoms with Crippen LogP contribution in [-0.2, 0) is 14.8 Å². The van der Waals surface area contributed by atoms with Crippen LogP contribution >= 0.6 is 0 Å². The van der Waals surface area contributed by atoms with E-state index in [2.05, 4.69) is 9.62 Å². The second-order valence-corrected chi connectivity index (χ2v) is 9.88. The van der Waals surface area contributed by atoms with Crippen LogP contribution in [0.15, 0.2) is 0 Å². The van der Waals surface area contributed by atoms with E-state index < -0.39 is 10.0 Å². The highest BCUT2D eigenvalue weighted by molar-refractivity contribution is 7.90. The van der Waals surface area contributed by atoms with Gasteiger partial charge in [-0.15, -0.1) is 0 Å². The summed E-state index contributed by atoms with van der Waals surface area (Å²) in [6.07, 6.45) is 8.90. The van der Waals surface area contributed by atoms with E-state index in [0.29, 0.717) is 6.54 Å². The van der Waals surface area contributed by atoms with Gasteiger partial charge < -0.3 is 9.64 Å². The van der Waals surface area contributed by atoms with Gasteiger partial charge in [-0.3, -0.25) is 0 Å². The molecule has 2 aliphatic carbocycles. The van der Waals surface area contributed by atoms with Gasteiger partial charge in [0.05, 0.1) is 17.0 Å². The quantitative estimate of drug-likeness (QED) is 0.803. The molecule has 4 rings (SSSR count). The van der Waals surface area contributed by atoms with E-state index in [1.54, 1.807) is 0 Å². The standard InChI is InChI=1S/C16H28N2O3S/c19-22(20,15-5-6-15)17-10-14-2-1-7-16(21-14)8-9-18(12-16)11-13-3-4-13/h13-15,17H,1-12H2/t14-,16-/m0/s1. The monoisotopic (exact) mass is 328 g/mol. The Bertz CT molecular complexity index is 515. The van der Waals surface area contributed by atoms with Crippen molar-refractivity contribution in [1.82, 2.24) is 9.62 Å².